The first-order valence-corrected chi connectivity index (χ1v) is 18.5. The van der Waals surface area contributed by atoms with Crippen LogP contribution >= 0.6 is 7.26 Å². The van der Waals surface area contributed by atoms with Gasteiger partial charge in [0, 0.05) is 6.07 Å². The van der Waals surface area contributed by atoms with Gasteiger partial charge in [0.15, 0.2) is 18.5 Å². The van der Waals surface area contributed by atoms with Gasteiger partial charge in [0.25, 0.3) is 6.23 Å². The van der Waals surface area contributed by atoms with Crippen LogP contribution in [0.4, 0.5) is 0 Å². The predicted molar refractivity (Wildman–Crippen MR) is 185 cm³/mol. The molecule has 9 heteroatoms. The molecule has 1 amide bonds. The number of unbranched alkanes of at least 4 members (excludes halogenated alkanes) is 3. The van der Waals surface area contributed by atoms with Crippen molar-refractivity contribution in [2.75, 3.05) is 32.4 Å². The fourth-order valence-electron chi connectivity index (χ4n) is 6.50. The summed E-state index contributed by atoms with van der Waals surface area (Å²) in [5.74, 6) is -0.231. The monoisotopic (exact) mass is 644 g/mol. The number of nitrogens with one attached hydrogen (secondary N) is 2. The van der Waals surface area contributed by atoms with E-state index < -0.39 is 38.4 Å². The minimum Gasteiger partial charge on any atom is -0.394 e. The number of carbonyl (C=O) groups excluding carboxylic acids is 1. The van der Waals surface area contributed by atoms with Crippen LogP contribution in [0.3, 0.4) is 0 Å². The normalized spacial score (nSPS) is 20.0. The number of ether oxygens (including phenoxy) is 1. The van der Waals surface area contributed by atoms with Crippen LogP contribution in [0.25, 0.3) is 0 Å². The zero-order valence-electron chi connectivity index (χ0n) is 26.2. The first kappa shape index (κ1) is 33.9. The maximum atomic E-state index is 12.7. The smallest absolute Gasteiger partial charge is 0.394 e. The molecule has 1 aliphatic heterocycles. The van der Waals surface area contributed by atoms with Crippen molar-refractivity contribution in [1.29, 1.82) is 0 Å². The van der Waals surface area contributed by atoms with Gasteiger partial charge < -0.3 is 20.1 Å². The molecule has 0 aliphatic carbocycles. The summed E-state index contributed by atoms with van der Waals surface area (Å²) < 4.78 is 7.11. The molecule has 0 radical (unpaired) electrons. The van der Waals surface area contributed by atoms with E-state index in [2.05, 4.69) is 102 Å². The van der Waals surface area contributed by atoms with E-state index in [9.17, 15) is 20.1 Å². The second kappa shape index (κ2) is 16.9. The van der Waals surface area contributed by atoms with Crippen molar-refractivity contribution in [3.8, 4) is 0 Å². The minimum absolute atomic E-state index is 0.231. The second-order valence-electron chi connectivity index (χ2n) is 11.9. The Morgan fingerprint density at radius 2 is 1.30 bits per heavy atom. The molecule has 0 unspecified atom stereocenters. The Morgan fingerprint density at radius 1 is 0.717 bits per heavy atom. The summed E-state index contributed by atoms with van der Waals surface area (Å²) in [7, 11) is -2.17. The van der Waals surface area contributed by atoms with Crippen LogP contribution in [0.2, 0.25) is 0 Å². The number of rotatable bonds is 16. The van der Waals surface area contributed by atoms with Gasteiger partial charge >= 0.3 is 193 Å². The summed E-state index contributed by atoms with van der Waals surface area (Å²) in [5.41, 5.74) is 0.418. The molecule has 1 fully saturated rings. The molecule has 3 aromatic carbocycles. The predicted octanol–water partition coefficient (Wildman–Crippen LogP) is 2.19. The maximum absolute atomic E-state index is 12.7. The molecule has 1 saturated heterocycles. The summed E-state index contributed by atoms with van der Waals surface area (Å²) >= 11 is 0. The van der Waals surface area contributed by atoms with Gasteiger partial charge in [0.05, 0.1) is 6.61 Å². The van der Waals surface area contributed by atoms with Gasteiger partial charge in [-0.05, 0) is 6.07 Å². The molecule has 1 aromatic heterocycles. The minimum atomic E-state index is -2.17. The van der Waals surface area contributed by atoms with E-state index in [1.54, 1.807) is 29.1 Å². The molecule has 0 spiro atoms. The van der Waals surface area contributed by atoms with Crippen molar-refractivity contribution >= 4 is 29.1 Å². The van der Waals surface area contributed by atoms with E-state index in [-0.39, 0.29) is 5.91 Å². The molecule has 4 aromatic rings. The van der Waals surface area contributed by atoms with Gasteiger partial charge in [-0.25, -0.2) is 0 Å². The van der Waals surface area contributed by atoms with Gasteiger partial charge in [0.1, 0.15) is 12.2 Å². The summed E-state index contributed by atoms with van der Waals surface area (Å²) in [6.45, 7) is 1.65. The van der Waals surface area contributed by atoms with Crippen molar-refractivity contribution in [1.82, 2.24) is 10.6 Å². The average Bonchev–Trinajstić information content (AvgIpc) is 3.41. The number of aliphatic hydroxyl groups is 3. The van der Waals surface area contributed by atoms with Crippen molar-refractivity contribution < 1.29 is 29.4 Å². The van der Waals surface area contributed by atoms with Gasteiger partial charge in [-0.3, -0.25) is 0 Å². The zero-order chi connectivity index (χ0) is 32.2. The van der Waals surface area contributed by atoms with Crippen molar-refractivity contribution in [3.05, 3.63) is 121 Å². The Morgan fingerprint density at radius 3 is 1.87 bits per heavy atom. The van der Waals surface area contributed by atoms with Crippen LogP contribution in [0, 0.1) is 0 Å². The van der Waals surface area contributed by atoms with Crippen LogP contribution in [-0.4, -0.2) is 71.9 Å². The van der Waals surface area contributed by atoms with Crippen molar-refractivity contribution in [2.24, 2.45) is 0 Å². The van der Waals surface area contributed by atoms with Crippen molar-refractivity contribution in [3.63, 3.8) is 0 Å². The zero-order valence-corrected chi connectivity index (χ0v) is 27.2. The molecule has 244 valence electrons. The number of carbonyl (C=O) groups is 1. The number of amides is 1. The molecule has 46 heavy (non-hydrogen) atoms. The third-order valence-corrected chi connectivity index (χ3v) is 14.0. The van der Waals surface area contributed by atoms with Crippen LogP contribution < -0.4 is 31.1 Å². The first-order chi connectivity index (χ1) is 22.5. The fraction of sp³-hybridized carbons (Fsp3) is 0.351. The average molecular weight is 645 g/mol. The van der Waals surface area contributed by atoms with Gasteiger partial charge in [-0.1, -0.05) is 0 Å². The Kier molecular flexibility index (Phi) is 12.4. The van der Waals surface area contributed by atoms with E-state index in [1.165, 1.54) is 34.9 Å². The molecule has 1 aliphatic rings. The van der Waals surface area contributed by atoms with E-state index >= 15 is 0 Å². The van der Waals surface area contributed by atoms with E-state index in [4.69, 9.17) is 4.74 Å². The molecule has 0 bridgehead atoms. The summed E-state index contributed by atoms with van der Waals surface area (Å²) in [6.07, 6.45) is 4.81. The summed E-state index contributed by atoms with van der Waals surface area (Å²) in [6, 6.07) is 36.6. The number of aromatic nitrogens is 1. The summed E-state index contributed by atoms with van der Waals surface area (Å²) in [4.78, 5) is 12.7. The number of hydrogen-bond donors (Lipinski definition) is 5. The number of hydrogen-bond acceptors (Lipinski definition) is 6. The quantitative estimate of drug-likeness (QED) is 0.0727. The molecule has 5 rings (SSSR count). The standard InChI is InChI=1S/C37H46N3O5P/c41-28-33-34(42)35(43)37(45-33)40-25-14-15-29(27-40)36(44)39-24-23-38-22-12-1-2-13-26-46(30-16-6-3-7-17-30,31-18-8-4-9-19-31)32-20-10-5-11-21-32/h3-11,14-21,25,27,33-35,37-38,41-43,46H,1-2,12-13,22-24,26,28H2/p+1/t33-,34-,35-,37-/m1/s1. The molecule has 2 heterocycles. The number of pyridine rings is 1. The van der Waals surface area contributed by atoms with E-state index in [1.807, 2.05) is 0 Å². The Labute approximate surface area is 272 Å². The molecular weight excluding hydrogens is 597 g/mol. The molecule has 0 saturated carbocycles. The molecule has 5 N–H and O–H groups in total. The van der Waals surface area contributed by atoms with Crippen molar-refractivity contribution in [2.45, 2.75) is 50.2 Å². The van der Waals surface area contributed by atoms with Gasteiger partial charge in [-0.2, -0.15) is 4.57 Å². The van der Waals surface area contributed by atoms with E-state index in [0.29, 0.717) is 18.7 Å². The topological polar surface area (TPSA) is 115 Å². The molecular formula is C37H47N3O5P+. The fourth-order valence-corrected chi connectivity index (χ4v) is 11.4. The third-order valence-electron chi connectivity index (χ3n) is 8.94. The number of benzene rings is 3. The SMILES string of the molecule is O=C(NCCNCCCCCC[PH](c1ccccc1)(c1ccccc1)c1ccccc1)c1ccc[n+]([C@@H]2O[C@H](CO)[C@@H](O)[C@H]2O)c1. The Hall–Kier alpha value is -3.49. The second-order valence-corrected chi connectivity index (χ2v) is 16.0. The number of nitrogens with zero attached hydrogens (tertiary/aromatic N) is 1. The van der Waals surface area contributed by atoms with Crippen LogP contribution in [0.15, 0.2) is 116 Å². The molecule has 8 nitrogen and oxygen atoms in total. The molecule has 4 atom stereocenters. The van der Waals surface area contributed by atoms with Gasteiger partial charge in [0.2, 0.25) is 0 Å². The van der Waals surface area contributed by atoms with Gasteiger partial charge in [-0.15, -0.1) is 0 Å². The van der Waals surface area contributed by atoms with Crippen LogP contribution in [0.1, 0.15) is 42.3 Å². The summed E-state index contributed by atoms with van der Waals surface area (Å²) in [5, 5.41) is 40.4. The van der Waals surface area contributed by atoms with Crippen LogP contribution in [0.5, 0.6) is 0 Å². The third kappa shape index (κ3) is 8.07. The Balaban J connectivity index is 1.05. The van der Waals surface area contributed by atoms with E-state index in [0.717, 1.165) is 19.4 Å². The van der Waals surface area contributed by atoms with Crippen LogP contribution in [-0.2, 0) is 4.74 Å². The first-order valence-electron chi connectivity index (χ1n) is 16.3. The Bertz CT molecular complexity index is 1400. The number of aliphatic hydroxyl groups excluding tert-OH is 3.